The van der Waals surface area contributed by atoms with Crippen LogP contribution >= 0.6 is 11.6 Å². The molecule has 132 valence electrons. The number of amides is 2. The van der Waals surface area contributed by atoms with Gasteiger partial charge in [0.05, 0.1) is 11.1 Å². The molecule has 25 heavy (non-hydrogen) atoms. The SMILES string of the molecule is CCCCCNC(=O)c1cncc(C(=O)NCc2ccc(Cl)cc2)c1. The van der Waals surface area contributed by atoms with Gasteiger partial charge in [-0.1, -0.05) is 43.5 Å². The zero-order valence-corrected chi connectivity index (χ0v) is 15.0. The molecule has 0 unspecified atom stereocenters. The molecule has 2 aromatic rings. The van der Waals surface area contributed by atoms with Gasteiger partial charge in [-0.15, -0.1) is 0 Å². The lowest BCUT2D eigenvalue weighted by Gasteiger charge is -2.08. The highest BCUT2D eigenvalue weighted by Gasteiger charge is 2.11. The van der Waals surface area contributed by atoms with Crippen molar-refractivity contribution in [1.82, 2.24) is 15.6 Å². The Morgan fingerprint density at radius 2 is 1.64 bits per heavy atom. The van der Waals surface area contributed by atoms with Gasteiger partial charge < -0.3 is 10.6 Å². The second kappa shape index (κ2) is 9.79. The predicted octanol–water partition coefficient (Wildman–Crippen LogP) is 3.59. The standard InChI is InChI=1S/C19H22ClN3O2/c1-2-3-4-9-22-18(24)15-10-16(13-21-12-15)19(25)23-11-14-5-7-17(20)8-6-14/h5-8,10,12-13H,2-4,9,11H2,1H3,(H,22,24)(H,23,25). The van der Waals surface area contributed by atoms with Gasteiger partial charge in [0.25, 0.3) is 11.8 Å². The first-order valence-electron chi connectivity index (χ1n) is 8.36. The van der Waals surface area contributed by atoms with E-state index in [2.05, 4.69) is 22.5 Å². The number of nitrogens with zero attached hydrogens (tertiary/aromatic N) is 1. The monoisotopic (exact) mass is 359 g/mol. The number of halogens is 1. The van der Waals surface area contributed by atoms with E-state index < -0.39 is 0 Å². The molecule has 1 aromatic heterocycles. The fourth-order valence-corrected chi connectivity index (χ4v) is 2.38. The lowest BCUT2D eigenvalue weighted by atomic mass is 10.1. The van der Waals surface area contributed by atoms with E-state index in [4.69, 9.17) is 11.6 Å². The Labute approximate surface area is 152 Å². The quantitative estimate of drug-likeness (QED) is 0.707. The first-order chi connectivity index (χ1) is 12.1. The van der Waals surface area contributed by atoms with Crippen molar-refractivity contribution in [3.63, 3.8) is 0 Å². The van der Waals surface area contributed by atoms with E-state index in [0.717, 1.165) is 24.8 Å². The van der Waals surface area contributed by atoms with Crippen molar-refractivity contribution >= 4 is 23.4 Å². The first kappa shape index (κ1) is 18.9. The number of rotatable bonds is 8. The molecular formula is C19H22ClN3O2. The first-order valence-corrected chi connectivity index (χ1v) is 8.74. The maximum absolute atomic E-state index is 12.3. The number of pyridine rings is 1. The molecule has 1 heterocycles. The minimum absolute atomic E-state index is 0.212. The Hall–Kier alpha value is -2.40. The molecule has 0 spiro atoms. The maximum Gasteiger partial charge on any atom is 0.253 e. The second-order valence-electron chi connectivity index (χ2n) is 5.73. The van der Waals surface area contributed by atoms with Crippen molar-refractivity contribution in [2.75, 3.05) is 6.54 Å². The highest BCUT2D eigenvalue weighted by atomic mass is 35.5. The summed E-state index contributed by atoms with van der Waals surface area (Å²) < 4.78 is 0. The highest BCUT2D eigenvalue weighted by Crippen LogP contribution is 2.10. The van der Waals surface area contributed by atoms with Crippen LogP contribution in [0.5, 0.6) is 0 Å². The third-order valence-electron chi connectivity index (χ3n) is 3.69. The summed E-state index contributed by atoms with van der Waals surface area (Å²) in [5.74, 6) is -0.487. The van der Waals surface area contributed by atoms with Crippen molar-refractivity contribution < 1.29 is 9.59 Å². The van der Waals surface area contributed by atoms with E-state index >= 15 is 0 Å². The molecule has 0 saturated carbocycles. The van der Waals surface area contributed by atoms with Gasteiger partial charge in [0.15, 0.2) is 0 Å². The summed E-state index contributed by atoms with van der Waals surface area (Å²) in [7, 11) is 0. The Morgan fingerprint density at radius 1 is 1.00 bits per heavy atom. The van der Waals surface area contributed by atoms with Gasteiger partial charge in [-0.25, -0.2) is 0 Å². The van der Waals surface area contributed by atoms with Crippen LogP contribution < -0.4 is 10.6 Å². The summed E-state index contributed by atoms with van der Waals surface area (Å²) in [6.07, 6.45) is 6.03. The van der Waals surface area contributed by atoms with Crippen LogP contribution in [0.1, 0.15) is 52.5 Å². The van der Waals surface area contributed by atoms with E-state index in [1.54, 1.807) is 18.2 Å². The maximum atomic E-state index is 12.3. The van der Waals surface area contributed by atoms with Gasteiger partial charge in [0.1, 0.15) is 0 Å². The molecule has 0 aliphatic rings. The molecule has 1 aromatic carbocycles. The molecule has 2 rings (SSSR count). The molecule has 2 amide bonds. The van der Waals surface area contributed by atoms with Crippen molar-refractivity contribution in [3.05, 3.63) is 64.4 Å². The van der Waals surface area contributed by atoms with Gasteiger partial charge >= 0.3 is 0 Å². The van der Waals surface area contributed by atoms with E-state index in [9.17, 15) is 9.59 Å². The molecule has 0 aliphatic heterocycles. The number of nitrogens with one attached hydrogen (secondary N) is 2. The Balaban J connectivity index is 1.91. The molecule has 0 bridgehead atoms. The van der Waals surface area contributed by atoms with Crippen LogP contribution in [-0.4, -0.2) is 23.3 Å². The van der Waals surface area contributed by atoms with E-state index in [1.807, 2.05) is 12.1 Å². The van der Waals surface area contributed by atoms with Crippen LogP contribution in [0.3, 0.4) is 0 Å². The topological polar surface area (TPSA) is 71.1 Å². The normalized spacial score (nSPS) is 10.3. The third-order valence-corrected chi connectivity index (χ3v) is 3.95. The number of aromatic nitrogens is 1. The Morgan fingerprint density at radius 3 is 2.28 bits per heavy atom. The summed E-state index contributed by atoms with van der Waals surface area (Å²) in [6, 6.07) is 8.80. The van der Waals surface area contributed by atoms with Crippen LogP contribution in [0.4, 0.5) is 0 Å². The highest BCUT2D eigenvalue weighted by molar-refractivity contribution is 6.30. The third kappa shape index (κ3) is 6.19. The van der Waals surface area contributed by atoms with Crippen LogP contribution in [0.25, 0.3) is 0 Å². The minimum atomic E-state index is -0.275. The Bertz CT molecular complexity index is 717. The number of unbranched alkanes of at least 4 members (excludes halogenated alkanes) is 2. The van der Waals surface area contributed by atoms with Crippen LogP contribution in [-0.2, 0) is 6.54 Å². The van der Waals surface area contributed by atoms with Crippen molar-refractivity contribution in [2.45, 2.75) is 32.7 Å². The van der Waals surface area contributed by atoms with Crippen LogP contribution in [0, 0.1) is 0 Å². The molecule has 2 N–H and O–H groups in total. The van der Waals surface area contributed by atoms with Crippen molar-refractivity contribution in [2.24, 2.45) is 0 Å². The number of carbonyl (C=O) groups excluding carboxylic acids is 2. The summed E-state index contributed by atoms with van der Waals surface area (Å²) in [5, 5.41) is 6.30. The molecule has 6 heteroatoms. The smallest absolute Gasteiger partial charge is 0.253 e. The molecule has 0 radical (unpaired) electrons. The molecule has 0 atom stereocenters. The average Bonchev–Trinajstić information content (AvgIpc) is 2.64. The van der Waals surface area contributed by atoms with Gasteiger partial charge in [-0.2, -0.15) is 0 Å². The lowest BCUT2D eigenvalue weighted by Crippen LogP contribution is -2.26. The van der Waals surface area contributed by atoms with Crippen molar-refractivity contribution in [1.29, 1.82) is 0 Å². The fraction of sp³-hybridized carbons (Fsp3) is 0.316. The molecule has 0 aliphatic carbocycles. The van der Waals surface area contributed by atoms with Crippen LogP contribution in [0.2, 0.25) is 5.02 Å². The number of hydrogen-bond acceptors (Lipinski definition) is 3. The van der Waals surface area contributed by atoms with Crippen LogP contribution in [0.15, 0.2) is 42.7 Å². The number of benzene rings is 1. The molecule has 0 saturated heterocycles. The van der Waals surface area contributed by atoms with Gasteiger partial charge in [-0.05, 0) is 30.2 Å². The minimum Gasteiger partial charge on any atom is -0.352 e. The summed E-state index contributed by atoms with van der Waals surface area (Å²) in [6.45, 7) is 3.11. The zero-order chi connectivity index (χ0) is 18.1. The number of hydrogen-bond donors (Lipinski definition) is 2. The summed E-state index contributed by atoms with van der Waals surface area (Å²) in [4.78, 5) is 28.3. The van der Waals surface area contributed by atoms with Gasteiger partial charge in [-0.3, -0.25) is 14.6 Å². The number of carbonyl (C=O) groups is 2. The fourth-order valence-electron chi connectivity index (χ4n) is 2.25. The summed E-state index contributed by atoms with van der Waals surface area (Å²) in [5.41, 5.74) is 1.68. The average molecular weight is 360 g/mol. The van der Waals surface area contributed by atoms with Crippen molar-refractivity contribution in [3.8, 4) is 0 Å². The van der Waals surface area contributed by atoms with Gasteiger partial charge in [0, 0.05) is 30.5 Å². The molecule has 5 nitrogen and oxygen atoms in total. The molecular weight excluding hydrogens is 338 g/mol. The van der Waals surface area contributed by atoms with E-state index in [1.165, 1.54) is 12.4 Å². The second-order valence-corrected chi connectivity index (χ2v) is 6.17. The predicted molar refractivity (Wildman–Crippen MR) is 98.7 cm³/mol. The Kier molecular flexibility index (Phi) is 7.41. The lowest BCUT2D eigenvalue weighted by molar-refractivity contribution is 0.0950. The largest absolute Gasteiger partial charge is 0.352 e. The molecule has 0 fully saturated rings. The van der Waals surface area contributed by atoms with E-state index in [0.29, 0.717) is 29.2 Å². The van der Waals surface area contributed by atoms with Gasteiger partial charge in [0.2, 0.25) is 0 Å². The van der Waals surface area contributed by atoms with E-state index in [-0.39, 0.29) is 11.8 Å². The zero-order valence-electron chi connectivity index (χ0n) is 14.2. The summed E-state index contributed by atoms with van der Waals surface area (Å²) >= 11 is 5.84.